The number of carbonyl (C=O) groups is 1. The number of rotatable bonds is 5. The predicted octanol–water partition coefficient (Wildman–Crippen LogP) is 4.84. The lowest BCUT2D eigenvalue weighted by atomic mass is 9.79. The van der Waals surface area contributed by atoms with Crippen LogP contribution in [-0.4, -0.2) is 19.7 Å². The van der Waals surface area contributed by atoms with E-state index in [0.717, 1.165) is 27.7 Å². The van der Waals surface area contributed by atoms with Gasteiger partial charge in [-0.25, -0.2) is 0 Å². The number of hydrogen-bond donors (Lipinski definition) is 0. The highest BCUT2D eigenvalue weighted by molar-refractivity contribution is 5.95. The lowest BCUT2D eigenvalue weighted by Gasteiger charge is -2.26. The van der Waals surface area contributed by atoms with Crippen LogP contribution in [0.3, 0.4) is 0 Å². The summed E-state index contributed by atoms with van der Waals surface area (Å²) in [7, 11) is 1.66. The fraction of sp³-hybridized carbons (Fsp3) is 0.350. The SMILES string of the molecule is C/C=C(/c1ccc2cc(OC)ccc2c1)C(C)(C)C(=O)OCC. The first kappa shape index (κ1) is 17.1. The highest BCUT2D eigenvalue weighted by Gasteiger charge is 2.33. The van der Waals surface area contributed by atoms with E-state index in [2.05, 4.69) is 12.1 Å². The van der Waals surface area contributed by atoms with Gasteiger partial charge in [0.15, 0.2) is 0 Å². The fourth-order valence-electron chi connectivity index (χ4n) is 2.83. The van der Waals surface area contributed by atoms with E-state index < -0.39 is 5.41 Å². The maximum atomic E-state index is 12.3. The molecule has 0 spiro atoms. The monoisotopic (exact) mass is 312 g/mol. The van der Waals surface area contributed by atoms with Crippen molar-refractivity contribution >= 4 is 22.3 Å². The molecule has 0 unspecified atom stereocenters. The van der Waals surface area contributed by atoms with Crippen LogP contribution in [-0.2, 0) is 9.53 Å². The summed E-state index contributed by atoms with van der Waals surface area (Å²) in [4.78, 5) is 12.3. The van der Waals surface area contributed by atoms with Gasteiger partial charge in [0.25, 0.3) is 0 Å². The molecule has 0 heterocycles. The van der Waals surface area contributed by atoms with Gasteiger partial charge in [-0.15, -0.1) is 0 Å². The van der Waals surface area contributed by atoms with E-state index in [1.54, 1.807) is 7.11 Å². The number of fused-ring (bicyclic) bond motifs is 1. The van der Waals surface area contributed by atoms with Crippen molar-refractivity contribution in [1.29, 1.82) is 0 Å². The van der Waals surface area contributed by atoms with Crippen LogP contribution in [0.4, 0.5) is 0 Å². The van der Waals surface area contributed by atoms with Gasteiger partial charge in [-0.3, -0.25) is 4.79 Å². The van der Waals surface area contributed by atoms with Gasteiger partial charge in [0.1, 0.15) is 5.75 Å². The molecule has 0 N–H and O–H groups in total. The Labute approximate surface area is 137 Å². The third-order valence-electron chi connectivity index (χ3n) is 4.11. The topological polar surface area (TPSA) is 35.5 Å². The zero-order valence-corrected chi connectivity index (χ0v) is 14.5. The van der Waals surface area contributed by atoms with Gasteiger partial charge >= 0.3 is 5.97 Å². The third-order valence-corrected chi connectivity index (χ3v) is 4.11. The summed E-state index contributed by atoms with van der Waals surface area (Å²) in [5.74, 6) is 0.631. The molecular weight excluding hydrogens is 288 g/mol. The van der Waals surface area contributed by atoms with Gasteiger partial charge in [0, 0.05) is 0 Å². The van der Waals surface area contributed by atoms with Crippen molar-refractivity contribution in [3.8, 4) is 5.75 Å². The van der Waals surface area contributed by atoms with Crippen LogP contribution in [0.25, 0.3) is 16.3 Å². The lowest BCUT2D eigenvalue weighted by molar-refractivity contribution is -0.150. The van der Waals surface area contributed by atoms with Gasteiger partial charge in [-0.05, 0) is 67.8 Å². The van der Waals surface area contributed by atoms with Crippen molar-refractivity contribution in [2.45, 2.75) is 27.7 Å². The minimum absolute atomic E-state index is 0.206. The summed E-state index contributed by atoms with van der Waals surface area (Å²) in [6.45, 7) is 7.97. The van der Waals surface area contributed by atoms with E-state index in [1.165, 1.54) is 0 Å². The molecule has 0 saturated carbocycles. The molecule has 0 fully saturated rings. The average Bonchev–Trinajstić information content (AvgIpc) is 2.55. The smallest absolute Gasteiger partial charge is 0.315 e. The van der Waals surface area contributed by atoms with Crippen molar-refractivity contribution in [3.63, 3.8) is 0 Å². The number of allylic oxidation sites excluding steroid dienone is 1. The van der Waals surface area contributed by atoms with Crippen molar-refractivity contribution < 1.29 is 14.3 Å². The molecule has 2 aromatic rings. The van der Waals surface area contributed by atoms with Gasteiger partial charge in [-0.2, -0.15) is 0 Å². The molecule has 0 atom stereocenters. The summed E-state index contributed by atoms with van der Waals surface area (Å²) in [6.07, 6.45) is 1.99. The minimum atomic E-state index is -0.690. The molecule has 0 aliphatic carbocycles. The van der Waals surface area contributed by atoms with Gasteiger partial charge < -0.3 is 9.47 Å². The molecule has 3 nitrogen and oxygen atoms in total. The normalized spacial score (nSPS) is 12.3. The molecule has 2 aromatic carbocycles. The van der Waals surface area contributed by atoms with Gasteiger partial charge in [0.05, 0.1) is 19.1 Å². The highest BCUT2D eigenvalue weighted by Crippen LogP contribution is 2.37. The third kappa shape index (κ3) is 3.39. The van der Waals surface area contributed by atoms with Crippen LogP contribution in [0.1, 0.15) is 33.3 Å². The Balaban J connectivity index is 2.46. The standard InChI is InChI=1S/C20H24O3/c1-6-18(20(3,4)19(21)23-7-2)16-9-8-15-13-17(22-5)11-10-14(15)12-16/h6,8-13H,7H2,1-5H3/b18-6-. The van der Waals surface area contributed by atoms with E-state index in [0.29, 0.717) is 6.61 Å². The zero-order valence-electron chi connectivity index (χ0n) is 14.5. The van der Waals surface area contributed by atoms with Crippen molar-refractivity contribution in [2.75, 3.05) is 13.7 Å². The molecule has 0 amide bonds. The second kappa shape index (κ2) is 6.86. The van der Waals surface area contributed by atoms with Crippen LogP contribution in [0.5, 0.6) is 5.75 Å². The Bertz CT molecular complexity index is 742. The van der Waals surface area contributed by atoms with E-state index in [1.807, 2.05) is 58.0 Å². The molecule has 0 aliphatic rings. The minimum Gasteiger partial charge on any atom is -0.497 e. The van der Waals surface area contributed by atoms with Crippen molar-refractivity contribution in [3.05, 3.63) is 48.0 Å². The zero-order chi connectivity index (χ0) is 17.0. The molecule has 0 radical (unpaired) electrons. The van der Waals surface area contributed by atoms with E-state index >= 15 is 0 Å². The Kier molecular flexibility index (Phi) is 5.09. The number of carbonyl (C=O) groups excluding carboxylic acids is 1. The summed E-state index contributed by atoms with van der Waals surface area (Å²) in [6, 6.07) is 12.2. The maximum absolute atomic E-state index is 12.3. The Morgan fingerprint density at radius 1 is 1.13 bits per heavy atom. The highest BCUT2D eigenvalue weighted by atomic mass is 16.5. The number of hydrogen-bond acceptors (Lipinski definition) is 3. The molecule has 3 heteroatoms. The number of benzene rings is 2. The van der Waals surface area contributed by atoms with E-state index in [4.69, 9.17) is 9.47 Å². The molecule has 23 heavy (non-hydrogen) atoms. The predicted molar refractivity (Wildman–Crippen MR) is 94.6 cm³/mol. The molecular formula is C20H24O3. The summed E-state index contributed by atoms with van der Waals surface area (Å²) in [5, 5.41) is 2.22. The quantitative estimate of drug-likeness (QED) is 0.741. The maximum Gasteiger partial charge on any atom is 0.315 e. The van der Waals surface area contributed by atoms with Crippen LogP contribution in [0.2, 0.25) is 0 Å². The van der Waals surface area contributed by atoms with E-state index in [-0.39, 0.29) is 5.97 Å². The number of methoxy groups -OCH3 is 1. The average molecular weight is 312 g/mol. The second-order valence-electron chi connectivity index (χ2n) is 5.98. The second-order valence-corrected chi connectivity index (χ2v) is 5.98. The van der Waals surface area contributed by atoms with Gasteiger partial charge in [-0.1, -0.05) is 24.3 Å². The lowest BCUT2D eigenvalue weighted by Crippen LogP contribution is -2.28. The fourth-order valence-corrected chi connectivity index (χ4v) is 2.83. The number of ether oxygens (including phenoxy) is 2. The Hall–Kier alpha value is -2.29. The van der Waals surface area contributed by atoms with Crippen LogP contribution >= 0.6 is 0 Å². The molecule has 2 rings (SSSR count). The summed E-state index contributed by atoms with van der Waals surface area (Å²) < 4.78 is 10.5. The Morgan fingerprint density at radius 2 is 1.78 bits per heavy atom. The first-order valence-corrected chi connectivity index (χ1v) is 7.86. The van der Waals surface area contributed by atoms with Crippen molar-refractivity contribution in [1.82, 2.24) is 0 Å². The summed E-state index contributed by atoms with van der Waals surface area (Å²) >= 11 is 0. The number of esters is 1. The molecule has 0 aliphatic heterocycles. The van der Waals surface area contributed by atoms with Crippen LogP contribution in [0, 0.1) is 5.41 Å². The van der Waals surface area contributed by atoms with Gasteiger partial charge in [0.2, 0.25) is 0 Å². The Morgan fingerprint density at radius 3 is 2.39 bits per heavy atom. The van der Waals surface area contributed by atoms with Crippen LogP contribution in [0.15, 0.2) is 42.5 Å². The van der Waals surface area contributed by atoms with Crippen molar-refractivity contribution in [2.24, 2.45) is 5.41 Å². The van der Waals surface area contributed by atoms with Crippen LogP contribution < -0.4 is 4.74 Å². The first-order valence-electron chi connectivity index (χ1n) is 7.86. The molecule has 0 saturated heterocycles. The largest absolute Gasteiger partial charge is 0.497 e. The van der Waals surface area contributed by atoms with E-state index in [9.17, 15) is 4.79 Å². The molecule has 122 valence electrons. The molecule has 0 aromatic heterocycles. The molecule has 0 bridgehead atoms. The summed E-state index contributed by atoms with van der Waals surface area (Å²) in [5.41, 5.74) is 1.31. The first-order chi connectivity index (χ1) is 10.9.